The van der Waals surface area contributed by atoms with Crippen molar-refractivity contribution in [3.63, 3.8) is 0 Å². The Morgan fingerprint density at radius 2 is 2.00 bits per heavy atom. The Labute approximate surface area is 132 Å². The van der Waals surface area contributed by atoms with Crippen molar-refractivity contribution in [2.24, 2.45) is 0 Å². The lowest BCUT2D eigenvalue weighted by molar-refractivity contribution is 0.388. The van der Waals surface area contributed by atoms with E-state index < -0.39 is 0 Å². The number of nitrogens with zero attached hydrogens (tertiary/aromatic N) is 2. The number of imidazole rings is 1. The van der Waals surface area contributed by atoms with Crippen LogP contribution in [-0.4, -0.2) is 9.55 Å². The van der Waals surface area contributed by atoms with Gasteiger partial charge in [0, 0.05) is 17.0 Å². The number of benzene rings is 1. The van der Waals surface area contributed by atoms with E-state index in [1.807, 2.05) is 6.07 Å². The molecule has 0 unspecified atom stereocenters. The van der Waals surface area contributed by atoms with Crippen LogP contribution in [0.4, 0.5) is 10.2 Å². The van der Waals surface area contributed by atoms with E-state index in [9.17, 15) is 4.39 Å². The highest BCUT2D eigenvalue weighted by Crippen LogP contribution is 2.44. The molecule has 2 aromatic rings. The summed E-state index contributed by atoms with van der Waals surface area (Å²) in [5.41, 5.74) is 7.60. The van der Waals surface area contributed by atoms with Crippen molar-refractivity contribution in [2.45, 2.75) is 45.1 Å². The average molecular weight is 352 g/mol. The smallest absolute Gasteiger partial charge is 0.138 e. The number of hydrogen-bond donors (Lipinski definition) is 1. The quantitative estimate of drug-likeness (QED) is 0.854. The second-order valence-corrected chi connectivity index (χ2v) is 7.47. The first-order valence-electron chi connectivity index (χ1n) is 7.13. The molecule has 1 aliphatic carbocycles. The van der Waals surface area contributed by atoms with Crippen molar-refractivity contribution in [3.05, 3.63) is 34.3 Å². The molecule has 3 rings (SSSR count). The van der Waals surface area contributed by atoms with Gasteiger partial charge in [-0.25, -0.2) is 9.37 Å². The van der Waals surface area contributed by atoms with Crippen LogP contribution in [0.1, 0.15) is 45.4 Å². The molecule has 1 heterocycles. The van der Waals surface area contributed by atoms with E-state index in [-0.39, 0.29) is 11.4 Å². The number of aromatic nitrogens is 2. The molecule has 0 bridgehead atoms. The maximum absolute atomic E-state index is 13.8. The van der Waals surface area contributed by atoms with Gasteiger partial charge in [0.2, 0.25) is 0 Å². The zero-order chi connectivity index (χ0) is 15.4. The first kappa shape index (κ1) is 14.6. The van der Waals surface area contributed by atoms with Gasteiger partial charge in [-0.3, -0.25) is 0 Å². The van der Waals surface area contributed by atoms with Crippen molar-refractivity contribution in [1.29, 1.82) is 0 Å². The highest BCUT2D eigenvalue weighted by Gasteiger charge is 2.34. The molecule has 0 radical (unpaired) electrons. The van der Waals surface area contributed by atoms with Gasteiger partial charge in [0.15, 0.2) is 0 Å². The third kappa shape index (κ3) is 2.59. The molecule has 0 atom stereocenters. The Kier molecular flexibility index (Phi) is 3.35. The lowest BCUT2D eigenvalue weighted by Gasteiger charge is -2.25. The molecule has 112 valence electrons. The predicted molar refractivity (Wildman–Crippen MR) is 86.7 cm³/mol. The molecule has 5 heteroatoms. The van der Waals surface area contributed by atoms with Crippen LogP contribution < -0.4 is 5.73 Å². The van der Waals surface area contributed by atoms with Gasteiger partial charge in [-0.15, -0.1) is 0 Å². The third-order valence-electron chi connectivity index (χ3n) is 3.75. The third-order valence-corrected chi connectivity index (χ3v) is 4.39. The van der Waals surface area contributed by atoms with Gasteiger partial charge in [0.05, 0.1) is 4.47 Å². The number of nitrogens with two attached hydrogens (primary N) is 1. The monoisotopic (exact) mass is 351 g/mol. The maximum atomic E-state index is 13.8. The van der Waals surface area contributed by atoms with E-state index in [0.29, 0.717) is 21.9 Å². The molecule has 1 saturated carbocycles. The average Bonchev–Trinajstić information content (AvgIpc) is 3.15. The first-order valence-corrected chi connectivity index (χ1v) is 7.92. The fraction of sp³-hybridized carbons (Fsp3) is 0.438. The highest BCUT2D eigenvalue weighted by molar-refractivity contribution is 9.10. The normalized spacial score (nSPS) is 15.5. The summed E-state index contributed by atoms with van der Waals surface area (Å²) in [5, 5.41) is 0. The largest absolute Gasteiger partial charge is 0.383 e. The van der Waals surface area contributed by atoms with Gasteiger partial charge < -0.3 is 10.3 Å². The maximum Gasteiger partial charge on any atom is 0.138 e. The Bertz CT molecular complexity index is 696. The second-order valence-electron chi connectivity index (χ2n) is 6.61. The highest BCUT2D eigenvalue weighted by atomic mass is 79.9. The van der Waals surface area contributed by atoms with Crippen molar-refractivity contribution in [3.8, 4) is 11.3 Å². The van der Waals surface area contributed by atoms with Gasteiger partial charge >= 0.3 is 0 Å². The Balaban J connectivity index is 2.17. The molecule has 3 nitrogen and oxygen atoms in total. The SMILES string of the molecule is CC(C)(C)n1c(C2CC2)nc(-c2ccc(Br)c(F)c2)c1N. The number of halogens is 2. The van der Waals surface area contributed by atoms with Crippen LogP contribution in [0, 0.1) is 5.82 Å². The Hall–Kier alpha value is -1.36. The standard InChI is InChI=1S/C16H19BrFN3/c1-16(2,3)21-14(19)13(20-15(21)9-4-5-9)10-6-7-11(17)12(18)8-10/h6-9H,4-5,19H2,1-3H3. The molecule has 21 heavy (non-hydrogen) atoms. The van der Waals surface area contributed by atoms with Crippen LogP contribution >= 0.6 is 15.9 Å². The Morgan fingerprint density at radius 3 is 2.52 bits per heavy atom. The van der Waals surface area contributed by atoms with E-state index in [0.717, 1.165) is 24.2 Å². The van der Waals surface area contributed by atoms with Gasteiger partial charge in [0.1, 0.15) is 23.2 Å². The number of anilines is 1. The molecule has 0 spiro atoms. The zero-order valence-electron chi connectivity index (χ0n) is 12.5. The predicted octanol–water partition coefficient (Wildman–Crippen LogP) is 4.67. The first-order chi connectivity index (χ1) is 9.79. The van der Waals surface area contributed by atoms with Crippen molar-refractivity contribution < 1.29 is 4.39 Å². The summed E-state index contributed by atoms with van der Waals surface area (Å²) in [6.45, 7) is 6.34. The summed E-state index contributed by atoms with van der Waals surface area (Å²) < 4.78 is 16.3. The number of hydrogen-bond acceptors (Lipinski definition) is 2. The van der Waals surface area contributed by atoms with Crippen molar-refractivity contribution in [2.75, 3.05) is 5.73 Å². The van der Waals surface area contributed by atoms with Crippen LogP contribution in [0.2, 0.25) is 0 Å². The minimum Gasteiger partial charge on any atom is -0.383 e. The molecule has 0 aliphatic heterocycles. The number of nitrogen functional groups attached to an aromatic ring is 1. The summed E-state index contributed by atoms with van der Waals surface area (Å²) in [6, 6.07) is 5.01. The summed E-state index contributed by atoms with van der Waals surface area (Å²) in [5.74, 6) is 1.83. The molecule has 2 N–H and O–H groups in total. The second kappa shape index (κ2) is 4.83. The topological polar surface area (TPSA) is 43.8 Å². The molecule has 1 aromatic carbocycles. The van der Waals surface area contributed by atoms with E-state index >= 15 is 0 Å². The molecule has 1 aliphatic rings. The van der Waals surface area contributed by atoms with Crippen molar-refractivity contribution in [1.82, 2.24) is 9.55 Å². The van der Waals surface area contributed by atoms with E-state index in [2.05, 4.69) is 41.3 Å². The van der Waals surface area contributed by atoms with E-state index in [1.54, 1.807) is 6.07 Å². The van der Waals surface area contributed by atoms with Gasteiger partial charge in [-0.1, -0.05) is 6.07 Å². The molecule has 0 amide bonds. The van der Waals surface area contributed by atoms with Crippen LogP contribution in [-0.2, 0) is 5.54 Å². The lowest BCUT2D eigenvalue weighted by Crippen LogP contribution is -2.25. The molecule has 1 aromatic heterocycles. The van der Waals surface area contributed by atoms with Crippen LogP contribution in [0.25, 0.3) is 11.3 Å². The minimum absolute atomic E-state index is 0.138. The summed E-state index contributed by atoms with van der Waals surface area (Å²) in [4.78, 5) is 4.74. The van der Waals surface area contributed by atoms with Crippen LogP contribution in [0.3, 0.4) is 0 Å². The van der Waals surface area contributed by atoms with Crippen LogP contribution in [0.15, 0.2) is 22.7 Å². The lowest BCUT2D eigenvalue weighted by atomic mass is 10.1. The van der Waals surface area contributed by atoms with E-state index in [4.69, 9.17) is 10.7 Å². The summed E-state index contributed by atoms with van der Waals surface area (Å²) in [6.07, 6.45) is 2.31. The fourth-order valence-corrected chi connectivity index (χ4v) is 2.87. The number of rotatable bonds is 2. The summed E-state index contributed by atoms with van der Waals surface area (Å²) >= 11 is 3.17. The zero-order valence-corrected chi connectivity index (χ0v) is 14.0. The minimum atomic E-state index is -0.301. The van der Waals surface area contributed by atoms with Crippen LogP contribution in [0.5, 0.6) is 0 Å². The molecular weight excluding hydrogens is 333 g/mol. The molecule has 1 fully saturated rings. The van der Waals surface area contributed by atoms with Gasteiger partial charge in [-0.05, 0) is 61.7 Å². The Morgan fingerprint density at radius 1 is 1.33 bits per heavy atom. The fourth-order valence-electron chi connectivity index (χ4n) is 2.63. The van der Waals surface area contributed by atoms with E-state index in [1.165, 1.54) is 6.07 Å². The van der Waals surface area contributed by atoms with Crippen molar-refractivity contribution >= 4 is 21.7 Å². The summed E-state index contributed by atoms with van der Waals surface area (Å²) in [7, 11) is 0. The van der Waals surface area contributed by atoms with Gasteiger partial charge in [0.25, 0.3) is 0 Å². The van der Waals surface area contributed by atoms with Gasteiger partial charge in [-0.2, -0.15) is 0 Å². The molecular formula is C16H19BrFN3. The molecule has 0 saturated heterocycles.